The van der Waals surface area contributed by atoms with Crippen molar-refractivity contribution in [3.63, 3.8) is 0 Å². The molecule has 0 aliphatic rings. The smallest absolute Gasteiger partial charge is 0.344 e. The Hall–Kier alpha value is -1.32. The van der Waals surface area contributed by atoms with Crippen molar-refractivity contribution in [1.82, 2.24) is 4.72 Å². The molecule has 1 aromatic rings. The summed E-state index contributed by atoms with van der Waals surface area (Å²) in [6.45, 7) is 4.11. The number of thioether (sulfide) groups is 1. The Morgan fingerprint density at radius 2 is 1.46 bits per heavy atom. The van der Waals surface area contributed by atoms with Crippen molar-refractivity contribution in [2.75, 3.05) is 31.3 Å². The molecule has 0 spiro atoms. The van der Waals surface area contributed by atoms with Gasteiger partial charge in [0.1, 0.15) is 0 Å². The number of halogens is 1. The van der Waals surface area contributed by atoms with Crippen molar-refractivity contribution >= 4 is 27.8 Å². The monoisotopic (exact) mass is 561 g/mol. The average molecular weight is 562 g/mol. The normalized spacial score (nSPS) is 11.5. The summed E-state index contributed by atoms with van der Waals surface area (Å²) < 4.78 is 51.0. The Morgan fingerprint density at radius 1 is 0.892 bits per heavy atom. The molecule has 0 heterocycles. The molecule has 0 aliphatic heterocycles. The van der Waals surface area contributed by atoms with Crippen LogP contribution in [0.25, 0.3) is 0 Å². The fourth-order valence-electron chi connectivity index (χ4n) is 3.95. The van der Waals surface area contributed by atoms with Crippen molar-refractivity contribution in [2.45, 2.75) is 109 Å². The van der Waals surface area contributed by atoms with Gasteiger partial charge in [0.15, 0.2) is 18.2 Å². The van der Waals surface area contributed by atoms with Crippen LogP contribution in [0.15, 0.2) is 23.1 Å². The highest BCUT2D eigenvalue weighted by atomic mass is 32.2. The van der Waals surface area contributed by atoms with E-state index in [1.54, 1.807) is 13.0 Å². The number of rotatable bonds is 24. The number of hydrogen-bond donors (Lipinski definition) is 1. The van der Waals surface area contributed by atoms with Crippen LogP contribution in [-0.4, -0.2) is 45.7 Å². The summed E-state index contributed by atoms with van der Waals surface area (Å²) in [5.41, 5.74) is 0. The lowest BCUT2D eigenvalue weighted by Gasteiger charge is -2.09. The first-order valence-corrected chi connectivity index (χ1v) is 16.7. The second-order valence-electron chi connectivity index (χ2n) is 9.34. The van der Waals surface area contributed by atoms with Crippen LogP contribution in [0, 0.1) is 5.82 Å². The minimum absolute atomic E-state index is 0.0220. The van der Waals surface area contributed by atoms with Crippen molar-refractivity contribution in [2.24, 2.45) is 0 Å². The van der Waals surface area contributed by atoms with Crippen LogP contribution in [0.2, 0.25) is 0 Å². The molecule has 37 heavy (non-hydrogen) atoms. The molecule has 0 fully saturated rings. The number of esters is 1. The van der Waals surface area contributed by atoms with E-state index in [1.165, 1.54) is 94.5 Å². The molecule has 1 N–H and O–H groups in total. The second kappa shape index (κ2) is 21.6. The van der Waals surface area contributed by atoms with E-state index in [0.717, 1.165) is 12.8 Å². The first-order valence-electron chi connectivity index (χ1n) is 14.1. The molecule has 0 saturated carbocycles. The van der Waals surface area contributed by atoms with Gasteiger partial charge in [0, 0.05) is 17.2 Å². The molecule has 0 aliphatic carbocycles. The fourth-order valence-corrected chi connectivity index (χ4v) is 6.01. The molecule has 0 aromatic heterocycles. The van der Waals surface area contributed by atoms with E-state index in [2.05, 4.69) is 11.6 Å². The molecule has 9 heteroatoms. The number of unbranched alkanes of at least 4 members (excludes halogenated alkanes) is 13. The van der Waals surface area contributed by atoms with E-state index in [4.69, 9.17) is 9.47 Å². The second-order valence-corrected chi connectivity index (χ2v) is 12.4. The first-order chi connectivity index (χ1) is 17.9. The van der Waals surface area contributed by atoms with Gasteiger partial charge in [-0.05, 0) is 31.5 Å². The highest BCUT2D eigenvalue weighted by molar-refractivity contribution is 7.99. The van der Waals surface area contributed by atoms with Gasteiger partial charge in [-0.1, -0.05) is 90.4 Å². The Morgan fingerprint density at radius 3 is 2.00 bits per heavy atom. The number of nitrogens with one attached hydrogen (secondary N) is 1. The quantitative estimate of drug-likeness (QED) is 0.0813. The van der Waals surface area contributed by atoms with E-state index < -0.39 is 21.8 Å². The lowest BCUT2D eigenvalue weighted by Crippen LogP contribution is -2.28. The van der Waals surface area contributed by atoms with E-state index in [-0.39, 0.29) is 31.3 Å². The third-order valence-corrected chi connectivity index (χ3v) is 8.48. The third kappa shape index (κ3) is 18.6. The largest absolute Gasteiger partial charge is 0.479 e. The average Bonchev–Trinajstić information content (AvgIpc) is 2.86. The highest BCUT2D eigenvalue weighted by Gasteiger charge is 2.11. The maximum absolute atomic E-state index is 14.2. The molecule has 6 nitrogen and oxygen atoms in total. The zero-order chi connectivity index (χ0) is 27.2. The summed E-state index contributed by atoms with van der Waals surface area (Å²) in [6, 6.07) is 4.45. The summed E-state index contributed by atoms with van der Waals surface area (Å²) in [7, 11) is -3.29. The van der Waals surface area contributed by atoms with Gasteiger partial charge in [-0.2, -0.15) is 0 Å². The lowest BCUT2D eigenvalue weighted by atomic mass is 10.0. The molecule has 0 bridgehead atoms. The summed E-state index contributed by atoms with van der Waals surface area (Å²) in [4.78, 5) is 12.0. The maximum Gasteiger partial charge on any atom is 0.344 e. The topological polar surface area (TPSA) is 81.7 Å². The zero-order valence-corrected chi connectivity index (χ0v) is 24.5. The predicted octanol–water partition coefficient (Wildman–Crippen LogP) is 7.26. The maximum atomic E-state index is 14.2. The summed E-state index contributed by atoms with van der Waals surface area (Å²) in [5, 5.41) is 0. The minimum Gasteiger partial charge on any atom is -0.479 e. The zero-order valence-electron chi connectivity index (χ0n) is 22.9. The predicted molar refractivity (Wildman–Crippen MR) is 151 cm³/mol. The Kier molecular flexibility index (Phi) is 19.7. The van der Waals surface area contributed by atoms with Gasteiger partial charge in [-0.25, -0.2) is 22.3 Å². The van der Waals surface area contributed by atoms with Gasteiger partial charge < -0.3 is 9.47 Å². The summed E-state index contributed by atoms with van der Waals surface area (Å²) in [5.74, 6) is -0.516. The third-order valence-electron chi connectivity index (χ3n) is 6.01. The van der Waals surface area contributed by atoms with Crippen molar-refractivity contribution < 1.29 is 27.1 Å². The molecular formula is C28H48FNO5S2. The fraction of sp³-hybridized carbons (Fsp3) is 0.750. The van der Waals surface area contributed by atoms with Gasteiger partial charge in [0.05, 0.1) is 12.4 Å². The molecule has 214 valence electrons. The van der Waals surface area contributed by atoms with Crippen LogP contribution in [0.1, 0.15) is 104 Å². The van der Waals surface area contributed by atoms with Gasteiger partial charge in [0.2, 0.25) is 10.0 Å². The van der Waals surface area contributed by atoms with Crippen molar-refractivity contribution in [3.05, 3.63) is 24.0 Å². The molecule has 0 saturated heterocycles. The SMILES string of the molecule is CCCCCCCCCCCCCCCCS(=O)(=O)NCCSc1ccc(OCC(=O)OCC)c(F)c1. The number of benzene rings is 1. The molecule has 0 radical (unpaired) electrons. The van der Waals surface area contributed by atoms with Crippen LogP contribution >= 0.6 is 11.8 Å². The Labute approximate surface area is 228 Å². The van der Waals surface area contributed by atoms with Gasteiger partial charge in [-0.15, -0.1) is 11.8 Å². The molecule has 1 aromatic carbocycles. The standard InChI is InChI=1S/C28H48FNO5S2/c1-3-5-6-7-8-9-10-11-12-13-14-15-16-17-22-37(32,33)30-20-21-36-25-18-19-27(26(29)23-25)35-24-28(31)34-4-2/h18-19,23,30H,3-17,20-22,24H2,1-2H3. The Bertz CT molecular complexity index is 836. The van der Waals surface area contributed by atoms with Crippen molar-refractivity contribution in [1.29, 1.82) is 0 Å². The van der Waals surface area contributed by atoms with Gasteiger partial charge in [0.25, 0.3) is 0 Å². The molecule has 0 atom stereocenters. The van der Waals surface area contributed by atoms with Crippen LogP contribution in [0.5, 0.6) is 5.75 Å². The summed E-state index contributed by atoms with van der Waals surface area (Å²) >= 11 is 1.35. The van der Waals surface area contributed by atoms with Crippen LogP contribution in [0.4, 0.5) is 4.39 Å². The Balaban J connectivity index is 2.05. The van der Waals surface area contributed by atoms with E-state index in [0.29, 0.717) is 17.1 Å². The van der Waals surface area contributed by atoms with E-state index in [1.807, 2.05) is 0 Å². The number of carbonyl (C=O) groups is 1. The minimum atomic E-state index is -3.29. The lowest BCUT2D eigenvalue weighted by molar-refractivity contribution is -0.145. The number of ether oxygens (including phenoxy) is 2. The molecule has 0 unspecified atom stereocenters. The van der Waals surface area contributed by atoms with Crippen LogP contribution in [0.3, 0.4) is 0 Å². The molecule has 1 rings (SSSR count). The first kappa shape index (κ1) is 33.7. The van der Waals surface area contributed by atoms with Gasteiger partial charge >= 0.3 is 5.97 Å². The number of sulfonamides is 1. The number of carbonyl (C=O) groups excluding carboxylic acids is 1. The van der Waals surface area contributed by atoms with E-state index >= 15 is 0 Å². The van der Waals surface area contributed by atoms with Gasteiger partial charge in [-0.3, -0.25) is 0 Å². The van der Waals surface area contributed by atoms with Crippen LogP contribution < -0.4 is 9.46 Å². The summed E-state index contributed by atoms with van der Waals surface area (Å²) in [6.07, 6.45) is 17.3. The highest BCUT2D eigenvalue weighted by Crippen LogP contribution is 2.25. The molecule has 0 amide bonds. The molecular weight excluding hydrogens is 513 g/mol. The van der Waals surface area contributed by atoms with Crippen LogP contribution in [-0.2, 0) is 19.6 Å². The van der Waals surface area contributed by atoms with Crippen molar-refractivity contribution in [3.8, 4) is 5.75 Å². The van der Waals surface area contributed by atoms with E-state index in [9.17, 15) is 17.6 Å². The number of hydrogen-bond acceptors (Lipinski definition) is 6.